The normalized spacial score (nSPS) is 17.6. The molecule has 1 aliphatic heterocycles. The molecule has 2 heterocycles. The molecule has 1 aromatic rings. The summed E-state index contributed by atoms with van der Waals surface area (Å²) in [4.78, 5) is 22.5. The molecule has 1 aromatic heterocycles. The van der Waals surface area contributed by atoms with Crippen LogP contribution in [0.3, 0.4) is 0 Å². The number of piperidine rings is 1. The quantitative estimate of drug-likeness (QED) is 0.795. The van der Waals surface area contributed by atoms with Gasteiger partial charge in [-0.15, -0.1) is 0 Å². The minimum atomic E-state index is -0.303. The van der Waals surface area contributed by atoms with E-state index in [-0.39, 0.29) is 11.3 Å². The number of nitrogens with zero attached hydrogens (tertiary/aromatic N) is 3. The summed E-state index contributed by atoms with van der Waals surface area (Å²) < 4.78 is 0. The molecule has 19 heavy (non-hydrogen) atoms. The summed E-state index contributed by atoms with van der Waals surface area (Å²) in [6.07, 6.45) is 5.18. The van der Waals surface area contributed by atoms with Crippen molar-refractivity contribution >= 4 is 17.5 Å². The smallest absolute Gasteiger partial charge is 0.227 e. The molecular formula is C14H20ClN3O. The lowest BCUT2D eigenvalue weighted by atomic mass is 9.90. The third-order valence-corrected chi connectivity index (χ3v) is 3.65. The van der Waals surface area contributed by atoms with Crippen LogP contribution in [0.25, 0.3) is 0 Å². The van der Waals surface area contributed by atoms with Gasteiger partial charge in [-0.05, 0) is 12.8 Å². The first kappa shape index (κ1) is 14.3. The van der Waals surface area contributed by atoms with Gasteiger partial charge in [0.15, 0.2) is 0 Å². The second-order valence-corrected chi connectivity index (χ2v) is 6.47. The molecule has 0 N–H and O–H groups in total. The van der Waals surface area contributed by atoms with E-state index in [1.54, 1.807) is 12.4 Å². The number of amides is 1. The Bertz CT molecular complexity index is 462. The van der Waals surface area contributed by atoms with E-state index in [2.05, 4.69) is 9.97 Å². The van der Waals surface area contributed by atoms with Crippen molar-refractivity contribution in [2.45, 2.75) is 39.5 Å². The number of hydrogen-bond donors (Lipinski definition) is 0. The Hall–Kier alpha value is -1.16. The maximum Gasteiger partial charge on any atom is 0.227 e. The Morgan fingerprint density at radius 3 is 2.47 bits per heavy atom. The first-order chi connectivity index (χ1) is 8.88. The van der Waals surface area contributed by atoms with Gasteiger partial charge >= 0.3 is 0 Å². The third kappa shape index (κ3) is 3.44. The molecule has 4 nitrogen and oxygen atoms in total. The fraction of sp³-hybridized carbons (Fsp3) is 0.643. The lowest BCUT2D eigenvalue weighted by Crippen LogP contribution is -2.43. The third-order valence-electron chi connectivity index (χ3n) is 3.47. The van der Waals surface area contributed by atoms with Gasteiger partial charge in [-0.1, -0.05) is 32.4 Å². The van der Waals surface area contributed by atoms with Gasteiger partial charge in [0.25, 0.3) is 0 Å². The standard InChI is InChI=1S/C14H20ClN3O/c1-14(2,3)13(19)18-6-4-10(5-7-18)11-8-16-9-12(15)17-11/h8-10H,4-7H2,1-3H3. The van der Waals surface area contributed by atoms with Gasteiger partial charge in [0.2, 0.25) is 5.91 Å². The number of carbonyl (C=O) groups is 1. The Morgan fingerprint density at radius 2 is 1.95 bits per heavy atom. The molecule has 0 radical (unpaired) electrons. The van der Waals surface area contributed by atoms with E-state index in [4.69, 9.17) is 11.6 Å². The highest BCUT2D eigenvalue weighted by atomic mass is 35.5. The van der Waals surface area contributed by atoms with Gasteiger partial charge in [-0.2, -0.15) is 0 Å². The predicted octanol–water partition coefficient (Wildman–Crippen LogP) is 2.88. The van der Waals surface area contributed by atoms with E-state index in [1.165, 1.54) is 0 Å². The Morgan fingerprint density at radius 1 is 1.32 bits per heavy atom. The molecule has 0 unspecified atom stereocenters. The zero-order valence-electron chi connectivity index (χ0n) is 11.7. The van der Waals surface area contributed by atoms with Crippen molar-refractivity contribution < 1.29 is 4.79 Å². The molecule has 1 amide bonds. The molecule has 0 saturated carbocycles. The van der Waals surface area contributed by atoms with E-state index in [0.29, 0.717) is 11.1 Å². The Balaban J connectivity index is 1.98. The zero-order valence-corrected chi connectivity index (χ0v) is 12.4. The molecule has 0 aliphatic carbocycles. The summed E-state index contributed by atoms with van der Waals surface area (Å²) in [6.45, 7) is 7.46. The van der Waals surface area contributed by atoms with Crippen LogP contribution < -0.4 is 0 Å². The average Bonchev–Trinajstić information content (AvgIpc) is 2.37. The van der Waals surface area contributed by atoms with E-state index >= 15 is 0 Å². The highest BCUT2D eigenvalue weighted by Gasteiger charge is 2.31. The minimum absolute atomic E-state index is 0.225. The largest absolute Gasteiger partial charge is 0.342 e. The molecule has 2 rings (SSSR count). The highest BCUT2D eigenvalue weighted by Crippen LogP contribution is 2.29. The van der Waals surface area contributed by atoms with Crippen LogP contribution in [0, 0.1) is 5.41 Å². The minimum Gasteiger partial charge on any atom is -0.342 e. The SMILES string of the molecule is CC(C)(C)C(=O)N1CCC(c2cncc(Cl)n2)CC1. The number of halogens is 1. The molecule has 1 saturated heterocycles. The van der Waals surface area contributed by atoms with Gasteiger partial charge in [0, 0.05) is 30.6 Å². The maximum absolute atomic E-state index is 12.2. The molecule has 0 aromatic carbocycles. The summed E-state index contributed by atoms with van der Waals surface area (Å²) in [6, 6.07) is 0. The van der Waals surface area contributed by atoms with Crippen LogP contribution in [-0.4, -0.2) is 33.9 Å². The molecule has 0 spiro atoms. The van der Waals surface area contributed by atoms with Crippen LogP contribution in [-0.2, 0) is 4.79 Å². The van der Waals surface area contributed by atoms with Gasteiger partial charge in [0.1, 0.15) is 5.15 Å². The molecule has 5 heteroatoms. The van der Waals surface area contributed by atoms with Crippen LogP contribution in [0.5, 0.6) is 0 Å². The summed E-state index contributed by atoms with van der Waals surface area (Å²) in [5, 5.41) is 0.436. The number of hydrogen-bond acceptors (Lipinski definition) is 3. The van der Waals surface area contributed by atoms with Crippen molar-refractivity contribution in [3.8, 4) is 0 Å². The first-order valence-electron chi connectivity index (χ1n) is 6.65. The first-order valence-corrected chi connectivity index (χ1v) is 7.02. The van der Waals surface area contributed by atoms with Crippen molar-refractivity contribution in [2.75, 3.05) is 13.1 Å². The summed E-state index contributed by atoms with van der Waals surface area (Å²) in [7, 11) is 0. The highest BCUT2D eigenvalue weighted by molar-refractivity contribution is 6.29. The van der Waals surface area contributed by atoms with Gasteiger partial charge < -0.3 is 4.90 Å². The van der Waals surface area contributed by atoms with Crippen molar-refractivity contribution in [2.24, 2.45) is 5.41 Å². The van der Waals surface area contributed by atoms with E-state index in [0.717, 1.165) is 31.6 Å². The molecule has 0 atom stereocenters. The van der Waals surface area contributed by atoms with Crippen molar-refractivity contribution in [1.82, 2.24) is 14.9 Å². The number of rotatable bonds is 1. The fourth-order valence-corrected chi connectivity index (χ4v) is 2.56. The van der Waals surface area contributed by atoms with Crippen LogP contribution in [0.15, 0.2) is 12.4 Å². The van der Waals surface area contributed by atoms with Gasteiger partial charge in [-0.25, -0.2) is 4.98 Å². The second-order valence-electron chi connectivity index (χ2n) is 6.08. The van der Waals surface area contributed by atoms with E-state index in [1.807, 2.05) is 25.7 Å². The molecular weight excluding hydrogens is 262 g/mol. The van der Waals surface area contributed by atoms with Crippen molar-refractivity contribution in [3.05, 3.63) is 23.2 Å². The Kier molecular flexibility index (Phi) is 4.09. The molecule has 1 aliphatic rings. The van der Waals surface area contributed by atoms with Crippen LogP contribution >= 0.6 is 11.6 Å². The summed E-state index contributed by atoms with van der Waals surface area (Å²) in [5.41, 5.74) is 0.637. The number of likely N-dealkylation sites (tertiary alicyclic amines) is 1. The van der Waals surface area contributed by atoms with Crippen molar-refractivity contribution in [1.29, 1.82) is 0 Å². The lowest BCUT2D eigenvalue weighted by molar-refractivity contribution is -0.140. The lowest BCUT2D eigenvalue weighted by Gasteiger charge is -2.35. The molecule has 104 valence electrons. The number of carbonyl (C=O) groups excluding carboxylic acids is 1. The van der Waals surface area contributed by atoms with Crippen LogP contribution in [0.1, 0.15) is 45.2 Å². The van der Waals surface area contributed by atoms with Crippen LogP contribution in [0.2, 0.25) is 5.15 Å². The maximum atomic E-state index is 12.2. The van der Waals surface area contributed by atoms with Crippen LogP contribution in [0.4, 0.5) is 0 Å². The van der Waals surface area contributed by atoms with E-state index < -0.39 is 0 Å². The van der Waals surface area contributed by atoms with Gasteiger partial charge in [-0.3, -0.25) is 9.78 Å². The van der Waals surface area contributed by atoms with Gasteiger partial charge in [0.05, 0.1) is 11.9 Å². The summed E-state index contributed by atoms with van der Waals surface area (Å²) in [5.74, 6) is 0.582. The monoisotopic (exact) mass is 281 g/mol. The van der Waals surface area contributed by atoms with E-state index in [9.17, 15) is 4.79 Å². The topological polar surface area (TPSA) is 46.1 Å². The molecule has 1 fully saturated rings. The summed E-state index contributed by atoms with van der Waals surface area (Å²) >= 11 is 5.86. The Labute approximate surface area is 119 Å². The number of aromatic nitrogens is 2. The second kappa shape index (κ2) is 5.45. The average molecular weight is 282 g/mol. The predicted molar refractivity (Wildman–Crippen MR) is 75.1 cm³/mol. The fourth-order valence-electron chi connectivity index (χ4n) is 2.41. The van der Waals surface area contributed by atoms with Crippen molar-refractivity contribution in [3.63, 3.8) is 0 Å². The molecule has 0 bridgehead atoms. The zero-order chi connectivity index (χ0) is 14.0.